The number of aliphatic hydroxyl groups is 1. The molecule has 2 saturated heterocycles. The number of piperidine rings is 2. The summed E-state index contributed by atoms with van der Waals surface area (Å²) in [6, 6.07) is 7.78. The van der Waals surface area contributed by atoms with E-state index in [9.17, 15) is 5.11 Å². The van der Waals surface area contributed by atoms with Gasteiger partial charge in [-0.2, -0.15) is 0 Å². The van der Waals surface area contributed by atoms with E-state index < -0.39 is 0 Å². The van der Waals surface area contributed by atoms with E-state index in [1.165, 1.54) is 17.5 Å². The summed E-state index contributed by atoms with van der Waals surface area (Å²) in [6.07, 6.45) is 3.48. The SMILES string of the molecule is COc1ccc2c(c1)[C@@]1(C)CC3[C@@H](CO)CC1C(C2)N3C.Cl. The number of halogens is 1. The number of benzene rings is 1. The van der Waals surface area contributed by atoms with Crippen LogP contribution in [0.2, 0.25) is 0 Å². The van der Waals surface area contributed by atoms with Crippen LogP contribution in [0.15, 0.2) is 18.2 Å². The van der Waals surface area contributed by atoms with E-state index in [2.05, 4.69) is 37.1 Å². The fourth-order valence-corrected chi connectivity index (χ4v) is 5.49. The normalized spacial score (nSPS) is 39.1. The first-order chi connectivity index (χ1) is 10.1. The number of hydrogen-bond acceptors (Lipinski definition) is 3. The molecule has 2 heterocycles. The van der Waals surface area contributed by atoms with E-state index in [4.69, 9.17) is 4.74 Å². The number of aliphatic hydroxyl groups excluding tert-OH is 1. The van der Waals surface area contributed by atoms with Crippen LogP contribution in [0.25, 0.3) is 0 Å². The summed E-state index contributed by atoms with van der Waals surface area (Å²) in [5.41, 5.74) is 3.24. The summed E-state index contributed by atoms with van der Waals surface area (Å²) in [5, 5.41) is 9.71. The third-order valence-electron chi connectivity index (χ3n) is 6.66. The van der Waals surface area contributed by atoms with E-state index in [0.717, 1.165) is 18.6 Å². The molecule has 3 fully saturated rings. The molecule has 3 unspecified atom stereocenters. The van der Waals surface area contributed by atoms with Gasteiger partial charge in [-0.1, -0.05) is 13.0 Å². The number of fused-ring (bicyclic) bond motifs is 2. The highest BCUT2D eigenvalue weighted by Crippen LogP contribution is 2.57. The summed E-state index contributed by atoms with van der Waals surface area (Å²) < 4.78 is 5.46. The Morgan fingerprint density at radius 3 is 2.82 bits per heavy atom. The van der Waals surface area contributed by atoms with Gasteiger partial charge in [-0.3, -0.25) is 4.90 Å². The molecule has 1 aromatic carbocycles. The molecule has 0 spiro atoms. The number of methoxy groups -OCH3 is 1. The Labute approximate surface area is 139 Å². The van der Waals surface area contributed by atoms with Crippen LogP contribution < -0.4 is 4.74 Å². The molecule has 5 rings (SSSR count). The summed E-state index contributed by atoms with van der Waals surface area (Å²) >= 11 is 0. The highest BCUT2D eigenvalue weighted by molar-refractivity contribution is 5.85. The first kappa shape index (κ1) is 16.1. The number of likely N-dealkylation sites (N-methyl/N-ethyl adjacent to an activating group) is 1. The van der Waals surface area contributed by atoms with E-state index >= 15 is 0 Å². The van der Waals surface area contributed by atoms with Gasteiger partial charge in [0.25, 0.3) is 0 Å². The predicted octanol–water partition coefficient (Wildman–Crippen LogP) is 2.63. The molecule has 4 heteroatoms. The van der Waals surface area contributed by atoms with E-state index in [-0.39, 0.29) is 17.8 Å². The molecule has 5 atom stereocenters. The monoisotopic (exact) mass is 323 g/mol. The molecule has 3 nitrogen and oxygen atoms in total. The maximum absolute atomic E-state index is 9.71. The fraction of sp³-hybridized carbons (Fsp3) is 0.667. The van der Waals surface area contributed by atoms with Gasteiger partial charge < -0.3 is 9.84 Å². The Morgan fingerprint density at radius 1 is 1.36 bits per heavy atom. The molecule has 22 heavy (non-hydrogen) atoms. The van der Waals surface area contributed by atoms with E-state index in [1.54, 1.807) is 7.11 Å². The van der Waals surface area contributed by atoms with Crippen molar-refractivity contribution in [3.05, 3.63) is 29.3 Å². The standard InChI is InChI=1S/C18H25NO2.ClH/c1-18-9-17-12(10-20)6-15(18)16(19(17)2)7-11-4-5-13(21-3)8-14(11)18;/h4-5,8,12,15-17,20H,6-7,9-10H2,1-3H3;1H/t12-,15?,16?,17?,18-;/m1./s1. The van der Waals surface area contributed by atoms with Crippen molar-refractivity contribution in [2.45, 2.75) is 43.7 Å². The number of hydrogen-bond donors (Lipinski definition) is 1. The predicted molar refractivity (Wildman–Crippen MR) is 89.9 cm³/mol. The lowest BCUT2D eigenvalue weighted by atomic mass is 9.50. The quantitative estimate of drug-likeness (QED) is 0.908. The summed E-state index contributed by atoms with van der Waals surface area (Å²) in [4.78, 5) is 2.56. The van der Waals surface area contributed by atoms with Crippen molar-refractivity contribution < 1.29 is 9.84 Å². The highest BCUT2D eigenvalue weighted by Gasteiger charge is 2.58. The van der Waals surface area contributed by atoms with E-state index in [0.29, 0.717) is 30.5 Å². The first-order valence-electron chi connectivity index (χ1n) is 8.08. The Balaban J connectivity index is 0.00000144. The molecule has 2 aliphatic carbocycles. The first-order valence-corrected chi connectivity index (χ1v) is 8.08. The third kappa shape index (κ3) is 1.95. The van der Waals surface area contributed by atoms with Gasteiger partial charge >= 0.3 is 0 Å². The minimum absolute atomic E-state index is 0. The second-order valence-electron chi connectivity index (χ2n) is 7.43. The number of ether oxygens (including phenoxy) is 1. The maximum Gasteiger partial charge on any atom is 0.119 e. The lowest BCUT2D eigenvalue weighted by molar-refractivity contribution is -0.0993. The molecular weight excluding hydrogens is 298 g/mol. The third-order valence-corrected chi connectivity index (χ3v) is 6.66. The van der Waals surface area contributed by atoms with Crippen LogP contribution in [0.1, 0.15) is 30.9 Å². The summed E-state index contributed by atoms with van der Waals surface area (Å²) in [5.74, 6) is 2.09. The average molecular weight is 324 g/mol. The van der Waals surface area contributed by atoms with Crippen LogP contribution in [0.4, 0.5) is 0 Å². The molecule has 0 amide bonds. The molecule has 4 aliphatic rings. The van der Waals surface area contributed by atoms with Gasteiger partial charge in [0.2, 0.25) is 0 Å². The van der Waals surface area contributed by atoms with Gasteiger partial charge in [-0.25, -0.2) is 0 Å². The van der Waals surface area contributed by atoms with Crippen LogP contribution >= 0.6 is 12.4 Å². The second kappa shape index (κ2) is 5.40. The maximum atomic E-state index is 9.71. The highest BCUT2D eigenvalue weighted by atomic mass is 35.5. The molecule has 1 aromatic rings. The fourth-order valence-electron chi connectivity index (χ4n) is 5.49. The summed E-state index contributed by atoms with van der Waals surface area (Å²) in [7, 11) is 4.01. The Kier molecular flexibility index (Phi) is 3.95. The van der Waals surface area contributed by atoms with Gasteiger partial charge in [-0.15, -0.1) is 12.4 Å². The Morgan fingerprint density at radius 2 is 2.14 bits per heavy atom. The van der Waals surface area contributed by atoms with Crippen molar-refractivity contribution in [2.24, 2.45) is 11.8 Å². The van der Waals surface area contributed by atoms with Gasteiger partial charge in [0.05, 0.1) is 7.11 Å². The van der Waals surface area contributed by atoms with Crippen molar-refractivity contribution in [3.8, 4) is 5.75 Å². The van der Waals surface area contributed by atoms with Crippen molar-refractivity contribution >= 4 is 12.4 Å². The summed E-state index contributed by atoms with van der Waals surface area (Å²) in [6.45, 7) is 2.77. The topological polar surface area (TPSA) is 32.7 Å². The average Bonchev–Trinajstić information content (AvgIpc) is 2.50. The minimum Gasteiger partial charge on any atom is -0.497 e. The van der Waals surface area contributed by atoms with Gasteiger partial charge in [0.15, 0.2) is 0 Å². The van der Waals surface area contributed by atoms with Crippen LogP contribution in [-0.4, -0.2) is 42.9 Å². The van der Waals surface area contributed by atoms with Crippen LogP contribution in [-0.2, 0) is 11.8 Å². The molecule has 122 valence electrons. The molecule has 0 radical (unpaired) electrons. The van der Waals surface area contributed by atoms with Crippen molar-refractivity contribution in [1.82, 2.24) is 4.90 Å². The van der Waals surface area contributed by atoms with Crippen LogP contribution in [0.3, 0.4) is 0 Å². The lowest BCUT2D eigenvalue weighted by Gasteiger charge is -2.64. The van der Waals surface area contributed by atoms with Crippen LogP contribution in [0.5, 0.6) is 5.75 Å². The van der Waals surface area contributed by atoms with Gasteiger partial charge in [0.1, 0.15) is 5.75 Å². The van der Waals surface area contributed by atoms with Crippen molar-refractivity contribution in [3.63, 3.8) is 0 Å². The van der Waals surface area contributed by atoms with Gasteiger partial charge in [0, 0.05) is 18.7 Å². The zero-order valence-electron chi connectivity index (χ0n) is 13.6. The molecule has 1 saturated carbocycles. The Bertz CT molecular complexity index is 578. The minimum atomic E-state index is 0. The number of nitrogens with zero attached hydrogens (tertiary/aromatic N) is 1. The molecule has 4 bridgehead atoms. The zero-order chi connectivity index (χ0) is 14.8. The molecular formula is C18H26ClNO2. The van der Waals surface area contributed by atoms with Crippen molar-refractivity contribution in [2.75, 3.05) is 20.8 Å². The smallest absolute Gasteiger partial charge is 0.119 e. The zero-order valence-corrected chi connectivity index (χ0v) is 14.4. The molecule has 1 N–H and O–H groups in total. The molecule has 0 aromatic heterocycles. The van der Waals surface area contributed by atoms with E-state index in [1.807, 2.05) is 0 Å². The lowest BCUT2D eigenvalue weighted by Crippen LogP contribution is -2.68. The Hall–Kier alpha value is -0.770. The largest absolute Gasteiger partial charge is 0.497 e. The molecule has 2 aliphatic heterocycles. The second-order valence-corrected chi connectivity index (χ2v) is 7.43. The van der Waals surface area contributed by atoms with Crippen LogP contribution in [0, 0.1) is 11.8 Å². The van der Waals surface area contributed by atoms with Gasteiger partial charge in [-0.05, 0) is 66.8 Å². The van der Waals surface area contributed by atoms with Crippen molar-refractivity contribution in [1.29, 1.82) is 0 Å². The number of rotatable bonds is 2.